The van der Waals surface area contributed by atoms with Crippen molar-refractivity contribution in [2.75, 3.05) is 26.2 Å². The first-order chi connectivity index (χ1) is 17.0. The summed E-state index contributed by atoms with van der Waals surface area (Å²) in [5.41, 5.74) is 0.458. The molecule has 0 aliphatic carbocycles. The van der Waals surface area contributed by atoms with E-state index in [0.29, 0.717) is 13.0 Å². The van der Waals surface area contributed by atoms with E-state index in [1.807, 2.05) is 30.3 Å². The molecule has 3 rings (SSSR count). The van der Waals surface area contributed by atoms with Crippen molar-refractivity contribution in [3.8, 4) is 5.75 Å². The first-order valence-electron chi connectivity index (χ1n) is 11.9. The number of nitrogens with zero attached hydrogens (tertiary/aromatic N) is 2. The van der Waals surface area contributed by atoms with Crippen molar-refractivity contribution in [3.63, 3.8) is 0 Å². The molecule has 0 N–H and O–H groups in total. The Morgan fingerprint density at radius 2 is 1.75 bits per heavy atom. The number of Topliss-reactive ketones (excluding diaryl/α,β-unsaturated/α-hetero) is 1. The number of benzene rings is 2. The second kappa shape index (κ2) is 11.9. The van der Waals surface area contributed by atoms with Gasteiger partial charge in [-0.25, -0.2) is 14.0 Å². The molecule has 0 spiro atoms. The lowest BCUT2D eigenvalue weighted by Gasteiger charge is -2.41. The minimum Gasteiger partial charge on any atom is -0.490 e. The van der Waals surface area contributed by atoms with Crippen molar-refractivity contribution < 1.29 is 33.0 Å². The van der Waals surface area contributed by atoms with E-state index in [9.17, 15) is 18.8 Å². The minimum absolute atomic E-state index is 0.0127. The van der Waals surface area contributed by atoms with Crippen LogP contribution < -0.4 is 4.74 Å². The molecule has 1 fully saturated rings. The third kappa shape index (κ3) is 7.69. The molecule has 1 atom stereocenters. The fraction of sp³-hybridized carbons (Fsp3) is 0.444. The second-order valence-corrected chi connectivity index (χ2v) is 9.65. The van der Waals surface area contributed by atoms with Gasteiger partial charge in [0.25, 0.3) is 0 Å². The van der Waals surface area contributed by atoms with E-state index in [1.165, 1.54) is 19.1 Å². The van der Waals surface area contributed by atoms with Crippen LogP contribution in [0.2, 0.25) is 0 Å². The highest BCUT2D eigenvalue weighted by Crippen LogP contribution is 2.22. The number of carbonyl (C=O) groups excluding carboxylic acids is 3. The molecule has 36 heavy (non-hydrogen) atoms. The third-order valence-electron chi connectivity index (χ3n) is 5.62. The highest BCUT2D eigenvalue weighted by atomic mass is 19.1. The number of hydrogen-bond acceptors (Lipinski definition) is 6. The molecule has 1 aliphatic heterocycles. The summed E-state index contributed by atoms with van der Waals surface area (Å²) in [6.45, 7) is 7.74. The van der Waals surface area contributed by atoms with Crippen LogP contribution >= 0.6 is 0 Å². The maximum Gasteiger partial charge on any atom is 0.410 e. The Morgan fingerprint density at radius 3 is 2.39 bits per heavy atom. The molecular formula is C27H33FN2O6. The Morgan fingerprint density at radius 1 is 1.03 bits per heavy atom. The summed E-state index contributed by atoms with van der Waals surface area (Å²) < 4.78 is 30.9. The highest BCUT2D eigenvalue weighted by molar-refractivity contribution is 5.94. The van der Waals surface area contributed by atoms with Crippen LogP contribution in [0.1, 0.15) is 50.0 Å². The molecular weight excluding hydrogens is 467 g/mol. The first-order valence-corrected chi connectivity index (χ1v) is 11.9. The number of ether oxygens (including phenoxy) is 3. The van der Waals surface area contributed by atoms with Crippen LogP contribution in [-0.4, -0.2) is 65.7 Å². The minimum atomic E-state index is -0.675. The lowest BCUT2D eigenvalue weighted by Crippen LogP contribution is -2.57. The van der Waals surface area contributed by atoms with E-state index >= 15 is 0 Å². The van der Waals surface area contributed by atoms with Crippen LogP contribution in [0.15, 0.2) is 48.5 Å². The zero-order chi connectivity index (χ0) is 26.3. The Balaban J connectivity index is 1.64. The second-order valence-electron chi connectivity index (χ2n) is 9.65. The topological polar surface area (TPSA) is 85.4 Å². The molecule has 1 saturated heterocycles. The van der Waals surface area contributed by atoms with Crippen LogP contribution in [0.5, 0.6) is 5.75 Å². The maximum atomic E-state index is 14.3. The molecule has 8 nitrogen and oxygen atoms in total. The zero-order valence-electron chi connectivity index (χ0n) is 21.2. The molecule has 1 aliphatic rings. The fourth-order valence-corrected chi connectivity index (χ4v) is 3.78. The monoisotopic (exact) mass is 500 g/mol. The summed E-state index contributed by atoms with van der Waals surface area (Å²) in [5, 5.41) is 0. The third-order valence-corrected chi connectivity index (χ3v) is 5.62. The molecule has 2 aromatic carbocycles. The van der Waals surface area contributed by atoms with Gasteiger partial charge in [-0.2, -0.15) is 0 Å². The van der Waals surface area contributed by atoms with Crippen LogP contribution in [0.25, 0.3) is 0 Å². The molecule has 2 aromatic rings. The van der Waals surface area contributed by atoms with E-state index in [2.05, 4.69) is 0 Å². The number of halogens is 1. The van der Waals surface area contributed by atoms with Crippen LogP contribution in [0, 0.1) is 5.82 Å². The van der Waals surface area contributed by atoms with Gasteiger partial charge in [-0.1, -0.05) is 30.3 Å². The summed E-state index contributed by atoms with van der Waals surface area (Å²) in [6, 6.07) is 13.0. The van der Waals surface area contributed by atoms with Crippen molar-refractivity contribution in [1.29, 1.82) is 0 Å². The van der Waals surface area contributed by atoms with E-state index in [0.717, 1.165) is 11.6 Å². The quantitative estimate of drug-likeness (QED) is 0.495. The smallest absolute Gasteiger partial charge is 0.410 e. The largest absolute Gasteiger partial charge is 0.490 e. The van der Waals surface area contributed by atoms with E-state index in [-0.39, 0.29) is 43.4 Å². The Bertz CT molecular complexity index is 1070. The molecule has 1 heterocycles. The van der Waals surface area contributed by atoms with Crippen LogP contribution in [0.4, 0.5) is 14.0 Å². The van der Waals surface area contributed by atoms with E-state index in [1.54, 1.807) is 30.6 Å². The summed E-state index contributed by atoms with van der Waals surface area (Å²) in [7, 11) is 0. The van der Waals surface area contributed by atoms with E-state index < -0.39 is 29.6 Å². The van der Waals surface area contributed by atoms with Crippen molar-refractivity contribution in [1.82, 2.24) is 9.80 Å². The standard InChI is InChI=1S/C27H33FN2O6/c1-19(31)21-10-11-24(23(28)16-21)34-15-12-22-17-29(13-14-30(22)26(33)36-27(2,3)4)25(32)35-18-20-8-6-5-7-9-20/h5-11,16,22H,12-15,17-18H2,1-4H3/t22-/m1/s1. The lowest BCUT2D eigenvalue weighted by atomic mass is 10.1. The summed E-state index contributed by atoms with van der Waals surface area (Å²) in [6.07, 6.45) is -0.628. The molecule has 9 heteroatoms. The van der Waals surface area contributed by atoms with Gasteiger partial charge in [-0.15, -0.1) is 0 Å². The highest BCUT2D eigenvalue weighted by Gasteiger charge is 2.35. The molecule has 0 aromatic heterocycles. The Labute approximate surface area is 210 Å². The lowest BCUT2D eigenvalue weighted by molar-refractivity contribution is -0.00620. The van der Waals surface area contributed by atoms with E-state index in [4.69, 9.17) is 14.2 Å². The van der Waals surface area contributed by atoms with Gasteiger partial charge in [0.2, 0.25) is 0 Å². The summed E-state index contributed by atoms with van der Waals surface area (Å²) >= 11 is 0. The van der Waals surface area contributed by atoms with Gasteiger partial charge in [0, 0.05) is 31.6 Å². The normalized spacial score (nSPS) is 15.9. The SMILES string of the molecule is CC(=O)c1ccc(OCC[C@@H]2CN(C(=O)OCc3ccccc3)CCN2C(=O)OC(C)(C)C)c(F)c1. The van der Waals surface area contributed by atoms with Crippen molar-refractivity contribution in [2.24, 2.45) is 0 Å². The van der Waals surface area contributed by atoms with Crippen LogP contribution in [-0.2, 0) is 16.1 Å². The average Bonchev–Trinajstić information content (AvgIpc) is 2.82. The summed E-state index contributed by atoms with van der Waals surface area (Å²) in [4.78, 5) is 40.1. The fourth-order valence-electron chi connectivity index (χ4n) is 3.78. The molecule has 0 saturated carbocycles. The number of ketones is 1. The van der Waals surface area contributed by atoms with Gasteiger partial charge in [0.15, 0.2) is 17.3 Å². The number of carbonyl (C=O) groups is 3. The van der Waals surface area contributed by atoms with Gasteiger partial charge in [0.1, 0.15) is 12.2 Å². The molecule has 0 radical (unpaired) electrons. The zero-order valence-corrected chi connectivity index (χ0v) is 21.2. The number of amides is 2. The Kier molecular flexibility index (Phi) is 8.90. The van der Waals surface area contributed by atoms with Crippen molar-refractivity contribution in [3.05, 3.63) is 65.5 Å². The Hall–Kier alpha value is -3.62. The van der Waals surface area contributed by atoms with Crippen LogP contribution in [0.3, 0.4) is 0 Å². The maximum absolute atomic E-state index is 14.3. The number of hydrogen-bond donors (Lipinski definition) is 0. The number of rotatable bonds is 7. The van der Waals surface area contributed by atoms with Gasteiger partial charge in [0.05, 0.1) is 12.6 Å². The first kappa shape index (κ1) is 27.0. The average molecular weight is 501 g/mol. The van der Waals surface area contributed by atoms with Gasteiger partial charge in [-0.3, -0.25) is 4.79 Å². The van der Waals surface area contributed by atoms with Crippen molar-refractivity contribution in [2.45, 2.75) is 52.4 Å². The molecule has 0 bridgehead atoms. The predicted octanol–water partition coefficient (Wildman–Crippen LogP) is 5.06. The van der Waals surface area contributed by atoms with Crippen molar-refractivity contribution >= 4 is 18.0 Å². The van der Waals surface area contributed by atoms with Gasteiger partial charge in [-0.05, 0) is 51.5 Å². The number of piperazine rings is 1. The molecule has 2 amide bonds. The predicted molar refractivity (Wildman–Crippen MR) is 131 cm³/mol. The molecule has 0 unspecified atom stereocenters. The van der Waals surface area contributed by atoms with Gasteiger partial charge < -0.3 is 24.0 Å². The molecule has 194 valence electrons. The summed E-state index contributed by atoms with van der Waals surface area (Å²) in [5.74, 6) is -0.866. The van der Waals surface area contributed by atoms with Gasteiger partial charge >= 0.3 is 12.2 Å².